The molecule has 0 radical (unpaired) electrons. The van der Waals surface area contributed by atoms with Gasteiger partial charge in [0.05, 0.1) is 16.8 Å². The van der Waals surface area contributed by atoms with Gasteiger partial charge in [-0.3, -0.25) is 4.79 Å². The molecule has 8 heteroatoms. The summed E-state index contributed by atoms with van der Waals surface area (Å²) in [5.74, 6) is -0.644. The number of alkyl halides is 3. The number of aromatic nitrogens is 3. The van der Waals surface area contributed by atoms with E-state index < -0.39 is 17.6 Å². The fourth-order valence-electron chi connectivity index (χ4n) is 2.22. The number of amides is 1. The summed E-state index contributed by atoms with van der Waals surface area (Å²) in [5.41, 5.74) is 0.231. The van der Waals surface area contributed by atoms with Crippen molar-refractivity contribution in [3.8, 4) is 0 Å². The van der Waals surface area contributed by atoms with Crippen molar-refractivity contribution in [3.05, 3.63) is 53.6 Å². The molecular formula is C15H11F3N4O. The molecule has 0 aliphatic rings. The molecule has 0 saturated heterocycles. The lowest BCUT2D eigenvalue weighted by atomic mass is 10.1. The van der Waals surface area contributed by atoms with E-state index in [4.69, 9.17) is 0 Å². The van der Waals surface area contributed by atoms with Crippen LogP contribution in [0.3, 0.4) is 0 Å². The number of nitrogens with one attached hydrogen (secondary N) is 1. The average Bonchev–Trinajstić information content (AvgIpc) is 2.87. The van der Waals surface area contributed by atoms with Crippen LogP contribution < -0.4 is 5.32 Å². The van der Waals surface area contributed by atoms with Crippen LogP contribution in [0, 0.1) is 0 Å². The highest BCUT2D eigenvalue weighted by molar-refractivity contribution is 6.06. The third-order valence-corrected chi connectivity index (χ3v) is 3.35. The van der Waals surface area contributed by atoms with E-state index in [0.717, 1.165) is 11.6 Å². The second-order valence-corrected chi connectivity index (χ2v) is 4.91. The molecule has 2 aromatic carbocycles. The number of aryl methyl sites for hydroxylation is 1. The Labute approximate surface area is 128 Å². The van der Waals surface area contributed by atoms with Crippen molar-refractivity contribution in [2.45, 2.75) is 6.18 Å². The summed E-state index contributed by atoms with van der Waals surface area (Å²) in [4.78, 5) is 12.2. The van der Waals surface area contributed by atoms with Crippen LogP contribution in [-0.2, 0) is 13.2 Å². The molecule has 0 aliphatic heterocycles. The van der Waals surface area contributed by atoms with Crippen LogP contribution in [0.15, 0.2) is 42.5 Å². The van der Waals surface area contributed by atoms with Gasteiger partial charge in [0.2, 0.25) is 0 Å². The zero-order valence-electron chi connectivity index (χ0n) is 11.9. The fraction of sp³-hybridized carbons (Fsp3) is 0.133. The number of carbonyl (C=O) groups excluding carboxylic acids is 1. The maximum absolute atomic E-state index is 12.9. The molecule has 0 spiro atoms. The third-order valence-electron chi connectivity index (χ3n) is 3.35. The van der Waals surface area contributed by atoms with Crippen molar-refractivity contribution in [3.63, 3.8) is 0 Å². The van der Waals surface area contributed by atoms with E-state index in [1.807, 2.05) is 0 Å². The SMILES string of the molecule is Cn1nnc2cc(C(=O)Nc3ccccc3C(F)(F)F)ccc21. The van der Waals surface area contributed by atoms with E-state index in [-0.39, 0.29) is 11.3 Å². The van der Waals surface area contributed by atoms with Gasteiger partial charge in [-0.25, -0.2) is 4.68 Å². The summed E-state index contributed by atoms with van der Waals surface area (Å²) in [7, 11) is 1.70. The number of para-hydroxylation sites is 1. The molecule has 0 fully saturated rings. The highest BCUT2D eigenvalue weighted by Gasteiger charge is 2.33. The minimum absolute atomic E-state index is 0.204. The number of nitrogens with zero attached hydrogens (tertiary/aromatic N) is 3. The lowest BCUT2D eigenvalue weighted by molar-refractivity contribution is -0.136. The van der Waals surface area contributed by atoms with Crippen molar-refractivity contribution in [2.75, 3.05) is 5.32 Å². The molecule has 5 nitrogen and oxygen atoms in total. The Balaban J connectivity index is 1.92. The minimum Gasteiger partial charge on any atom is -0.321 e. The molecule has 0 aliphatic carbocycles. The number of anilines is 1. The number of fused-ring (bicyclic) bond motifs is 1. The lowest BCUT2D eigenvalue weighted by Crippen LogP contribution is -2.16. The van der Waals surface area contributed by atoms with Gasteiger partial charge in [0.1, 0.15) is 5.52 Å². The topological polar surface area (TPSA) is 59.8 Å². The number of carbonyl (C=O) groups is 1. The standard InChI is InChI=1S/C15H11F3N4O/c1-22-13-7-6-9(8-12(13)20-21-22)14(23)19-11-5-3-2-4-10(11)15(16,17)18/h2-8H,1H3,(H,19,23). The number of hydrogen-bond donors (Lipinski definition) is 1. The van der Waals surface area contributed by atoms with Crippen LogP contribution in [0.4, 0.5) is 18.9 Å². The predicted molar refractivity (Wildman–Crippen MR) is 77.9 cm³/mol. The van der Waals surface area contributed by atoms with E-state index in [1.165, 1.54) is 35.0 Å². The van der Waals surface area contributed by atoms with Crippen LogP contribution in [0.5, 0.6) is 0 Å². The van der Waals surface area contributed by atoms with Gasteiger partial charge in [-0.05, 0) is 30.3 Å². The van der Waals surface area contributed by atoms with Crippen molar-refractivity contribution in [2.24, 2.45) is 7.05 Å². The largest absolute Gasteiger partial charge is 0.418 e. The molecule has 0 atom stereocenters. The Bertz CT molecular complexity index is 886. The van der Waals surface area contributed by atoms with Gasteiger partial charge in [0, 0.05) is 12.6 Å². The number of benzene rings is 2. The molecule has 1 aromatic heterocycles. The first-order chi connectivity index (χ1) is 10.9. The molecule has 0 unspecified atom stereocenters. The normalized spacial score (nSPS) is 11.7. The number of rotatable bonds is 2. The van der Waals surface area contributed by atoms with E-state index in [9.17, 15) is 18.0 Å². The first-order valence-corrected chi connectivity index (χ1v) is 6.63. The monoisotopic (exact) mass is 320 g/mol. The number of halogens is 3. The molecule has 0 bridgehead atoms. The van der Waals surface area contributed by atoms with Crippen LogP contribution >= 0.6 is 0 Å². The lowest BCUT2D eigenvalue weighted by Gasteiger charge is -2.13. The first-order valence-electron chi connectivity index (χ1n) is 6.63. The Kier molecular flexibility index (Phi) is 3.51. The van der Waals surface area contributed by atoms with Gasteiger partial charge in [0.25, 0.3) is 5.91 Å². The van der Waals surface area contributed by atoms with Crippen molar-refractivity contribution in [1.82, 2.24) is 15.0 Å². The van der Waals surface area contributed by atoms with Crippen LogP contribution in [0.25, 0.3) is 11.0 Å². The van der Waals surface area contributed by atoms with E-state index in [0.29, 0.717) is 5.52 Å². The molecule has 3 aromatic rings. The van der Waals surface area contributed by atoms with Gasteiger partial charge in [0.15, 0.2) is 0 Å². The summed E-state index contributed by atoms with van der Waals surface area (Å²) in [6, 6.07) is 9.45. The smallest absolute Gasteiger partial charge is 0.321 e. The fourth-order valence-corrected chi connectivity index (χ4v) is 2.22. The Morgan fingerprint density at radius 2 is 1.91 bits per heavy atom. The van der Waals surface area contributed by atoms with Gasteiger partial charge < -0.3 is 5.32 Å². The Morgan fingerprint density at radius 1 is 1.17 bits per heavy atom. The quantitative estimate of drug-likeness (QED) is 0.788. The summed E-state index contributed by atoms with van der Waals surface area (Å²) in [6.07, 6.45) is -4.54. The van der Waals surface area contributed by atoms with Gasteiger partial charge in [-0.2, -0.15) is 13.2 Å². The van der Waals surface area contributed by atoms with Gasteiger partial charge >= 0.3 is 6.18 Å². The van der Waals surface area contributed by atoms with Gasteiger partial charge in [-0.15, -0.1) is 5.10 Å². The number of hydrogen-bond acceptors (Lipinski definition) is 3. The molecule has 3 rings (SSSR count). The average molecular weight is 320 g/mol. The highest BCUT2D eigenvalue weighted by Crippen LogP contribution is 2.34. The molecule has 1 heterocycles. The van der Waals surface area contributed by atoms with Crippen molar-refractivity contribution < 1.29 is 18.0 Å². The summed E-state index contributed by atoms with van der Waals surface area (Å²) in [6.45, 7) is 0. The van der Waals surface area contributed by atoms with E-state index in [2.05, 4.69) is 15.6 Å². The molecule has 1 N–H and O–H groups in total. The second-order valence-electron chi connectivity index (χ2n) is 4.91. The third kappa shape index (κ3) is 2.87. The van der Waals surface area contributed by atoms with Crippen LogP contribution in [-0.4, -0.2) is 20.9 Å². The predicted octanol–water partition coefficient (Wildman–Crippen LogP) is 3.24. The second kappa shape index (κ2) is 5.38. The maximum Gasteiger partial charge on any atom is 0.418 e. The van der Waals surface area contributed by atoms with Crippen molar-refractivity contribution in [1.29, 1.82) is 0 Å². The molecule has 0 saturated carbocycles. The highest BCUT2D eigenvalue weighted by atomic mass is 19.4. The van der Waals surface area contributed by atoms with E-state index >= 15 is 0 Å². The molecule has 23 heavy (non-hydrogen) atoms. The van der Waals surface area contributed by atoms with Gasteiger partial charge in [-0.1, -0.05) is 17.3 Å². The van der Waals surface area contributed by atoms with E-state index in [1.54, 1.807) is 13.1 Å². The minimum atomic E-state index is -4.54. The Hall–Kier alpha value is -2.90. The molecule has 118 valence electrons. The van der Waals surface area contributed by atoms with Crippen LogP contribution in [0.2, 0.25) is 0 Å². The summed E-state index contributed by atoms with van der Waals surface area (Å²) >= 11 is 0. The first kappa shape index (κ1) is 15.0. The molecular weight excluding hydrogens is 309 g/mol. The van der Waals surface area contributed by atoms with Crippen LogP contribution in [0.1, 0.15) is 15.9 Å². The zero-order chi connectivity index (χ0) is 16.6. The molecule has 1 amide bonds. The Morgan fingerprint density at radius 3 is 2.65 bits per heavy atom. The maximum atomic E-state index is 12.9. The zero-order valence-corrected chi connectivity index (χ0v) is 11.9. The summed E-state index contributed by atoms with van der Waals surface area (Å²) in [5, 5.41) is 9.98. The van der Waals surface area contributed by atoms with Crippen molar-refractivity contribution >= 4 is 22.6 Å². The summed E-state index contributed by atoms with van der Waals surface area (Å²) < 4.78 is 40.4.